The fraction of sp³-hybridized carbons (Fsp3) is 0.111. The van der Waals surface area contributed by atoms with Gasteiger partial charge in [0.15, 0.2) is 0 Å². The van der Waals surface area contributed by atoms with Crippen LogP contribution >= 0.6 is 0 Å². The number of carbonyl (C=O) groups excluding carboxylic acids is 1. The van der Waals surface area contributed by atoms with E-state index < -0.39 is 68.8 Å². The molecule has 0 fully saturated rings. The molecule has 1 aromatic carbocycles. The van der Waals surface area contributed by atoms with Crippen molar-refractivity contribution >= 4 is 40.3 Å². The molecule has 3 rings (SSSR count). The predicted molar refractivity (Wildman–Crippen MR) is 92.1 cm³/mol. The summed E-state index contributed by atoms with van der Waals surface area (Å²) in [5.41, 5.74) is -5.76. The summed E-state index contributed by atoms with van der Waals surface area (Å²) in [5, 5.41) is 28.1. The number of pyridine rings is 1. The molecule has 0 amide bonds. The van der Waals surface area contributed by atoms with Crippen molar-refractivity contribution in [2.24, 2.45) is 0 Å². The van der Waals surface area contributed by atoms with Crippen molar-refractivity contribution < 1.29 is 52.4 Å². The smallest absolute Gasteiger partial charge is 0.416 e. The monoisotopic (exact) mass is 425 g/mol. The second kappa shape index (κ2) is 6.76. The number of aromatic nitrogens is 1. The van der Waals surface area contributed by atoms with Crippen LogP contribution in [0.4, 0.5) is 13.2 Å². The lowest BCUT2D eigenvalue weighted by molar-refractivity contribution is -0.137. The van der Waals surface area contributed by atoms with E-state index >= 15 is 0 Å². The number of methoxy groups -OCH3 is 1. The number of hydrogen-bond donors (Lipinski definition) is 3. The van der Waals surface area contributed by atoms with Crippen molar-refractivity contribution in [1.82, 2.24) is 4.40 Å². The van der Waals surface area contributed by atoms with Crippen LogP contribution in [-0.4, -0.2) is 50.7 Å². The Hall–Kier alpha value is -4.09. The van der Waals surface area contributed by atoms with E-state index in [2.05, 4.69) is 4.74 Å². The summed E-state index contributed by atoms with van der Waals surface area (Å²) >= 11 is 0. The molecule has 0 radical (unpaired) electrons. The third-order valence-corrected chi connectivity index (χ3v) is 4.39. The van der Waals surface area contributed by atoms with Crippen LogP contribution in [0, 0.1) is 0 Å². The van der Waals surface area contributed by atoms with Gasteiger partial charge in [-0.05, 0) is 18.2 Å². The fourth-order valence-electron chi connectivity index (χ4n) is 3.23. The molecule has 156 valence electrons. The molecule has 2 heterocycles. The first kappa shape index (κ1) is 20.6. The normalized spacial score (nSPS) is 11.6. The topological polar surface area (TPSA) is 143 Å². The van der Waals surface area contributed by atoms with Gasteiger partial charge in [0.1, 0.15) is 5.56 Å². The summed E-state index contributed by atoms with van der Waals surface area (Å²) < 4.78 is 44.7. The highest BCUT2D eigenvalue weighted by atomic mass is 19.4. The highest BCUT2D eigenvalue weighted by molar-refractivity contribution is 6.20. The van der Waals surface area contributed by atoms with E-state index in [9.17, 15) is 47.7 Å². The largest absolute Gasteiger partial charge is 0.478 e. The summed E-state index contributed by atoms with van der Waals surface area (Å²) in [6.07, 6.45) is -3.99. The Labute approximate surface area is 163 Å². The van der Waals surface area contributed by atoms with Gasteiger partial charge in [-0.15, -0.1) is 0 Å². The highest BCUT2D eigenvalue weighted by Gasteiger charge is 2.35. The van der Waals surface area contributed by atoms with Gasteiger partial charge < -0.3 is 24.5 Å². The minimum absolute atomic E-state index is 0.252. The molecular weight excluding hydrogens is 415 g/mol. The maximum atomic E-state index is 13.1. The van der Waals surface area contributed by atoms with E-state index in [1.54, 1.807) is 0 Å². The molecule has 0 bridgehead atoms. The van der Waals surface area contributed by atoms with E-state index in [1.165, 1.54) is 0 Å². The van der Waals surface area contributed by atoms with Gasteiger partial charge in [-0.1, -0.05) is 0 Å². The Bertz CT molecular complexity index is 1270. The summed E-state index contributed by atoms with van der Waals surface area (Å²) in [7, 11) is 0.935. The average molecular weight is 425 g/mol. The van der Waals surface area contributed by atoms with Crippen LogP contribution < -0.4 is 0 Å². The number of carbonyl (C=O) groups is 4. The first-order chi connectivity index (χ1) is 13.9. The number of carboxylic acids is 3. The molecule has 0 saturated heterocycles. The molecule has 0 unspecified atom stereocenters. The van der Waals surface area contributed by atoms with Crippen LogP contribution in [0.25, 0.3) is 16.4 Å². The van der Waals surface area contributed by atoms with Gasteiger partial charge in [-0.25, -0.2) is 19.2 Å². The lowest BCUT2D eigenvalue weighted by atomic mass is 9.97. The van der Waals surface area contributed by atoms with Gasteiger partial charge in [0.05, 0.1) is 40.4 Å². The Morgan fingerprint density at radius 2 is 1.50 bits per heavy atom. The van der Waals surface area contributed by atoms with Gasteiger partial charge in [0, 0.05) is 11.6 Å². The molecule has 9 nitrogen and oxygen atoms in total. The van der Waals surface area contributed by atoms with E-state index in [0.29, 0.717) is 12.1 Å². The van der Waals surface area contributed by atoms with Gasteiger partial charge in [-0.2, -0.15) is 13.2 Å². The van der Waals surface area contributed by atoms with Crippen molar-refractivity contribution in [2.75, 3.05) is 7.11 Å². The zero-order valence-electron chi connectivity index (χ0n) is 14.8. The zero-order chi connectivity index (χ0) is 22.5. The highest BCUT2D eigenvalue weighted by Crippen LogP contribution is 2.36. The standard InChI is InChI=1S/C18H10F3NO8/c1-30-17(29)8-5-22-9-3-2-6(18(19,20)21)4-7(9)10(14(23)24)12(16(27)28)13(22)11(8)15(25)26/h2-5H,1H3,(H,23,24)(H,25,26)(H,27,28). The Kier molecular flexibility index (Phi) is 4.65. The minimum atomic E-state index is -4.86. The SMILES string of the molecule is COC(=O)c1cn2c(c1C(=O)O)c(C(=O)O)c(C(=O)O)c1cc(C(F)(F)F)ccc12. The van der Waals surface area contributed by atoms with Gasteiger partial charge in [-0.3, -0.25) is 0 Å². The Balaban J connectivity index is 2.70. The molecule has 3 aromatic rings. The molecule has 0 saturated carbocycles. The van der Waals surface area contributed by atoms with E-state index in [-0.39, 0.29) is 5.52 Å². The summed E-state index contributed by atoms with van der Waals surface area (Å²) in [5.74, 6) is -6.72. The van der Waals surface area contributed by atoms with E-state index in [4.69, 9.17) is 0 Å². The van der Waals surface area contributed by atoms with Crippen molar-refractivity contribution in [3.8, 4) is 0 Å². The summed E-state index contributed by atoms with van der Waals surface area (Å²) in [4.78, 5) is 47.5. The second-order valence-electron chi connectivity index (χ2n) is 6.02. The maximum absolute atomic E-state index is 13.1. The number of ether oxygens (including phenoxy) is 1. The fourth-order valence-corrected chi connectivity index (χ4v) is 3.23. The number of benzene rings is 1. The Morgan fingerprint density at radius 1 is 0.933 bits per heavy atom. The average Bonchev–Trinajstić information content (AvgIpc) is 3.05. The number of fused-ring (bicyclic) bond motifs is 3. The molecule has 0 aliphatic rings. The van der Waals surface area contributed by atoms with Crippen LogP contribution in [0.2, 0.25) is 0 Å². The number of esters is 1. The number of halogens is 3. The first-order valence-corrected chi connectivity index (χ1v) is 7.90. The number of carboxylic acid groups (broad SMARTS) is 3. The van der Waals surface area contributed by atoms with Crippen LogP contribution in [0.1, 0.15) is 47.0 Å². The lowest BCUT2D eigenvalue weighted by Gasteiger charge is -2.14. The number of alkyl halides is 3. The second-order valence-corrected chi connectivity index (χ2v) is 6.02. The first-order valence-electron chi connectivity index (χ1n) is 7.90. The zero-order valence-corrected chi connectivity index (χ0v) is 14.8. The van der Waals surface area contributed by atoms with Gasteiger partial charge in [0.25, 0.3) is 0 Å². The third-order valence-electron chi connectivity index (χ3n) is 4.39. The molecule has 12 heteroatoms. The molecule has 0 aliphatic heterocycles. The molecular formula is C18H10F3NO8. The molecule has 2 aromatic heterocycles. The quantitative estimate of drug-likeness (QED) is 0.542. The number of nitrogens with zero attached hydrogens (tertiary/aromatic N) is 1. The third kappa shape index (κ3) is 2.98. The number of aromatic carboxylic acids is 3. The van der Waals surface area contributed by atoms with Crippen LogP contribution in [0.5, 0.6) is 0 Å². The number of rotatable bonds is 4. The van der Waals surface area contributed by atoms with Crippen molar-refractivity contribution in [1.29, 1.82) is 0 Å². The van der Waals surface area contributed by atoms with Crippen LogP contribution in [0.3, 0.4) is 0 Å². The summed E-state index contributed by atoms with van der Waals surface area (Å²) in [6, 6.07) is 1.92. The minimum Gasteiger partial charge on any atom is -0.478 e. The van der Waals surface area contributed by atoms with Crippen molar-refractivity contribution in [3.63, 3.8) is 0 Å². The molecule has 0 aliphatic carbocycles. The molecule has 3 N–H and O–H groups in total. The van der Waals surface area contributed by atoms with Gasteiger partial charge >= 0.3 is 30.1 Å². The van der Waals surface area contributed by atoms with E-state index in [0.717, 1.165) is 23.8 Å². The predicted octanol–water partition coefficient (Wildman–Crippen LogP) is 2.99. The van der Waals surface area contributed by atoms with Gasteiger partial charge in [0.2, 0.25) is 0 Å². The molecule has 0 atom stereocenters. The maximum Gasteiger partial charge on any atom is 0.416 e. The number of hydrogen-bond acceptors (Lipinski definition) is 5. The van der Waals surface area contributed by atoms with Crippen LogP contribution in [-0.2, 0) is 10.9 Å². The van der Waals surface area contributed by atoms with E-state index in [1.807, 2.05) is 0 Å². The molecule has 0 spiro atoms. The van der Waals surface area contributed by atoms with Crippen molar-refractivity contribution in [2.45, 2.75) is 6.18 Å². The Morgan fingerprint density at radius 3 is 1.97 bits per heavy atom. The summed E-state index contributed by atoms with van der Waals surface area (Å²) in [6.45, 7) is 0. The molecule has 30 heavy (non-hydrogen) atoms. The van der Waals surface area contributed by atoms with Crippen molar-refractivity contribution in [3.05, 3.63) is 52.2 Å². The van der Waals surface area contributed by atoms with Crippen LogP contribution in [0.15, 0.2) is 24.4 Å². The lowest BCUT2D eigenvalue weighted by Crippen LogP contribution is -2.15.